The van der Waals surface area contributed by atoms with Gasteiger partial charge in [-0.05, 0) is 37.9 Å². The van der Waals surface area contributed by atoms with Crippen molar-refractivity contribution >= 4 is 5.69 Å². The number of nitrogens with zero attached hydrogens (tertiary/aromatic N) is 1. The Morgan fingerprint density at radius 3 is 2.38 bits per heavy atom. The number of hydrogen-bond acceptors (Lipinski definition) is 2. The smallest absolute Gasteiger partial charge is 0.0359 e. The van der Waals surface area contributed by atoms with E-state index in [2.05, 4.69) is 38.8 Å². The van der Waals surface area contributed by atoms with Crippen LogP contribution in [0.4, 0.5) is 5.69 Å². The summed E-state index contributed by atoms with van der Waals surface area (Å²) < 4.78 is 0. The molecule has 1 rings (SSSR count). The third-order valence-corrected chi connectivity index (χ3v) is 3.04. The molecule has 0 bridgehead atoms. The van der Waals surface area contributed by atoms with Gasteiger partial charge in [-0.1, -0.05) is 32.0 Å². The van der Waals surface area contributed by atoms with Gasteiger partial charge in [0.1, 0.15) is 0 Å². The number of benzene rings is 1. The fourth-order valence-electron chi connectivity index (χ4n) is 1.96. The maximum absolute atomic E-state index is 5.94. The molecule has 1 unspecified atom stereocenters. The van der Waals surface area contributed by atoms with Gasteiger partial charge >= 0.3 is 0 Å². The Hall–Kier alpha value is -1.02. The number of anilines is 1. The zero-order valence-corrected chi connectivity index (χ0v) is 10.9. The molecule has 1 aromatic carbocycles. The summed E-state index contributed by atoms with van der Waals surface area (Å²) in [6, 6.07) is 8.70. The van der Waals surface area contributed by atoms with Crippen LogP contribution in [0.15, 0.2) is 24.3 Å². The SMILES string of the molecule is CC(C)CC(C)N(C)Cc1ccccc1N. The van der Waals surface area contributed by atoms with Crippen molar-refractivity contribution in [1.29, 1.82) is 0 Å². The van der Waals surface area contributed by atoms with E-state index in [1.807, 2.05) is 18.2 Å². The molecule has 0 heterocycles. The van der Waals surface area contributed by atoms with Crippen LogP contribution in [0.3, 0.4) is 0 Å². The highest BCUT2D eigenvalue weighted by atomic mass is 15.1. The molecular formula is C14H24N2. The van der Waals surface area contributed by atoms with E-state index in [1.165, 1.54) is 12.0 Å². The van der Waals surface area contributed by atoms with Crippen molar-refractivity contribution < 1.29 is 0 Å². The molecule has 0 fully saturated rings. The summed E-state index contributed by atoms with van der Waals surface area (Å²) in [4.78, 5) is 2.37. The molecule has 0 aliphatic carbocycles. The average Bonchev–Trinajstić information content (AvgIpc) is 2.20. The highest BCUT2D eigenvalue weighted by Crippen LogP contribution is 2.16. The fraction of sp³-hybridized carbons (Fsp3) is 0.571. The van der Waals surface area contributed by atoms with Gasteiger partial charge < -0.3 is 5.73 Å². The topological polar surface area (TPSA) is 29.3 Å². The average molecular weight is 220 g/mol. The van der Waals surface area contributed by atoms with E-state index < -0.39 is 0 Å². The number of rotatable bonds is 5. The van der Waals surface area contributed by atoms with Crippen molar-refractivity contribution in [2.24, 2.45) is 5.92 Å². The van der Waals surface area contributed by atoms with Crippen LogP contribution in [-0.4, -0.2) is 18.0 Å². The molecule has 0 radical (unpaired) electrons. The van der Waals surface area contributed by atoms with Crippen molar-refractivity contribution in [3.05, 3.63) is 29.8 Å². The second kappa shape index (κ2) is 5.90. The fourth-order valence-corrected chi connectivity index (χ4v) is 1.96. The quantitative estimate of drug-likeness (QED) is 0.772. The molecular weight excluding hydrogens is 196 g/mol. The van der Waals surface area contributed by atoms with E-state index in [9.17, 15) is 0 Å². The molecule has 0 saturated carbocycles. The van der Waals surface area contributed by atoms with Gasteiger partial charge in [0.2, 0.25) is 0 Å². The van der Waals surface area contributed by atoms with Gasteiger partial charge in [0.05, 0.1) is 0 Å². The number of nitrogen functional groups attached to an aromatic ring is 1. The Labute approximate surface area is 99.5 Å². The second-order valence-corrected chi connectivity index (χ2v) is 5.09. The van der Waals surface area contributed by atoms with Crippen LogP contribution in [0.25, 0.3) is 0 Å². The summed E-state index contributed by atoms with van der Waals surface area (Å²) in [5.74, 6) is 0.741. The summed E-state index contributed by atoms with van der Waals surface area (Å²) in [6.07, 6.45) is 1.23. The number of nitrogens with two attached hydrogens (primary N) is 1. The Morgan fingerprint density at radius 1 is 1.19 bits per heavy atom. The highest BCUT2D eigenvalue weighted by molar-refractivity contribution is 5.46. The lowest BCUT2D eigenvalue weighted by atomic mass is 10.0. The normalized spacial score (nSPS) is 13.4. The van der Waals surface area contributed by atoms with Crippen molar-refractivity contribution in [2.75, 3.05) is 12.8 Å². The lowest BCUT2D eigenvalue weighted by molar-refractivity contribution is 0.221. The second-order valence-electron chi connectivity index (χ2n) is 5.09. The monoisotopic (exact) mass is 220 g/mol. The molecule has 0 amide bonds. The van der Waals surface area contributed by atoms with Gasteiger partial charge in [-0.15, -0.1) is 0 Å². The summed E-state index contributed by atoms with van der Waals surface area (Å²) in [5, 5.41) is 0. The minimum atomic E-state index is 0.597. The van der Waals surface area contributed by atoms with Crippen LogP contribution in [-0.2, 0) is 6.54 Å². The molecule has 2 N–H and O–H groups in total. The predicted molar refractivity (Wildman–Crippen MR) is 71.2 cm³/mol. The first-order valence-corrected chi connectivity index (χ1v) is 6.04. The zero-order valence-electron chi connectivity index (χ0n) is 10.9. The van der Waals surface area contributed by atoms with Crippen LogP contribution in [0.5, 0.6) is 0 Å². The van der Waals surface area contributed by atoms with Gasteiger partial charge in [-0.25, -0.2) is 0 Å². The Bertz CT molecular complexity index is 320. The van der Waals surface area contributed by atoms with E-state index in [1.54, 1.807) is 0 Å². The summed E-state index contributed by atoms with van der Waals surface area (Å²) in [7, 11) is 2.17. The van der Waals surface area contributed by atoms with Crippen molar-refractivity contribution in [2.45, 2.75) is 39.8 Å². The van der Waals surface area contributed by atoms with Gasteiger partial charge in [0, 0.05) is 18.3 Å². The molecule has 0 aliphatic rings. The van der Waals surface area contributed by atoms with Crippen LogP contribution in [0.1, 0.15) is 32.8 Å². The number of para-hydroxylation sites is 1. The largest absolute Gasteiger partial charge is 0.398 e. The number of hydrogen-bond donors (Lipinski definition) is 1. The van der Waals surface area contributed by atoms with Crippen molar-refractivity contribution in [3.8, 4) is 0 Å². The molecule has 1 aromatic rings. The highest BCUT2D eigenvalue weighted by Gasteiger charge is 2.12. The van der Waals surface area contributed by atoms with Crippen LogP contribution >= 0.6 is 0 Å². The Kier molecular flexibility index (Phi) is 4.81. The van der Waals surface area contributed by atoms with Crippen molar-refractivity contribution in [3.63, 3.8) is 0 Å². The first-order chi connectivity index (χ1) is 7.50. The molecule has 2 heteroatoms. The minimum absolute atomic E-state index is 0.597. The Balaban J connectivity index is 2.57. The van der Waals surface area contributed by atoms with Gasteiger partial charge in [-0.3, -0.25) is 4.90 Å². The molecule has 0 spiro atoms. The zero-order chi connectivity index (χ0) is 12.1. The Morgan fingerprint density at radius 2 is 1.81 bits per heavy atom. The van der Waals surface area contributed by atoms with E-state index in [-0.39, 0.29) is 0 Å². The standard InChI is InChI=1S/C14H24N2/c1-11(2)9-12(3)16(4)10-13-7-5-6-8-14(13)15/h5-8,11-12H,9-10,15H2,1-4H3. The van der Waals surface area contributed by atoms with Crippen LogP contribution in [0, 0.1) is 5.92 Å². The summed E-state index contributed by atoms with van der Waals surface area (Å²) >= 11 is 0. The van der Waals surface area contributed by atoms with Gasteiger partial charge in [-0.2, -0.15) is 0 Å². The molecule has 1 atom stereocenters. The van der Waals surface area contributed by atoms with E-state index in [0.717, 1.165) is 18.2 Å². The molecule has 90 valence electrons. The van der Waals surface area contributed by atoms with Crippen molar-refractivity contribution in [1.82, 2.24) is 4.90 Å². The molecule has 0 saturated heterocycles. The summed E-state index contributed by atoms with van der Waals surface area (Å²) in [6.45, 7) is 7.74. The first-order valence-electron chi connectivity index (χ1n) is 6.04. The summed E-state index contributed by atoms with van der Waals surface area (Å²) in [5.41, 5.74) is 8.06. The minimum Gasteiger partial charge on any atom is -0.398 e. The molecule has 0 aromatic heterocycles. The van der Waals surface area contributed by atoms with E-state index >= 15 is 0 Å². The van der Waals surface area contributed by atoms with Gasteiger partial charge in [0.15, 0.2) is 0 Å². The third-order valence-electron chi connectivity index (χ3n) is 3.04. The van der Waals surface area contributed by atoms with Crippen LogP contribution in [0.2, 0.25) is 0 Å². The third kappa shape index (κ3) is 3.86. The molecule has 16 heavy (non-hydrogen) atoms. The molecule has 0 aliphatic heterocycles. The van der Waals surface area contributed by atoms with E-state index in [0.29, 0.717) is 6.04 Å². The molecule has 2 nitrogen and oxygen atoms in total. The lowest BCUT2D eigenvalue weighted by Gasteiger charge is -2.26. The van der Waals surface area contributed by atoms with E-state index in [4.69, 9.17) is 5.73 Å². The first kappa shape index (κ1) is 13.0. The predicted octanol–water partition coefficient (Wildman–Crippen LogP) is 3.14. The van der Waals surface area contributed by atoms with Gasteiger partial charge in [0.25, 0.3) is 0 Å². The lowest BCUT2D eigenvalue weighted by Crippen LogP contribution is -2.30. The maximum Gasteiger partial charge on any atom is 0.0359 e. The van der Waals surface area contributed by atoms with Crippen LogP contribution < -0.4 is 5.73 Å². The maximum atomic E-state index is 5.94.